The van der Waals surface area contributed by atoms with E-state index in [2.05, 4.69) is 42.2 Å². The first-order valence-corrected chi connectivity index (χ1v) is 12.7. The van der Waals surface area contributed by atoms with Gasteiger partial charge in [0.15, 0.2) is 0 Å². The standard InChI is InChI=1S/C30H35NO3/c1-30-13-12-23-22-11-9-21(34-3)14-20(22)8-10-24(23)25(30)17-27(29(30)33)31(2)26-15-18-6-4-5-7-19(18)16-28(26)32/h4-7,9,11,14-16,23-25,27,29,32-33H,8,10,12-13,17H2,1-3H3/t23-,24-,25+,27-,29-,30+/m1/s1. The number of phenolic OH excluding ortho intramolecular Hbond substituents is 1. The summed E-state index contributed by atoms with van der Waals surface area (Å²) < 4.78 is 5.48. The van der Waals surface area contributed by atoms with Crippen molar-refractivity contribution in [1.29, 1.82) is 0 Å². The van der Waals surface area contributed by atoms with E-state index in [-0.39, 0.29) is 17.2 Å². The van der Waals surface area contributed by atoms with Crippen molar-refractivity contribution in [2.75, 3.05) is 19.1 Å². The molecule has 6 rings (SSSR count). The number of methoxy groups -OCH3 is 1. The lowest BCUT2D eigenvalue weighted by Crippen LogP contribution is -2.47. The van der Waals surface area contributed by atoms with Crippen molar-refractivity contribution in [3.05, 3.63) is 65.7 Å². The summed E-state index contributed by atoms with van der Waals surface area (Å²) in [4.78, 5) is 2.15. The van der Waals surface area contributed by atoms with Crippen LogP contribution in [0.1, 0.15) is 49.7 Å². The predicted octanol–water partition coefficient (Wildman–Crippen LogP) is 5.89. The van der Waals surface area contributed by atoms with E-state index in [0.29, 0.717) is 17.8 Å². The Hall–Kier alpha value is -2.72. The lowest BCUT2D eigenvalue weighted by Gasteiger charge is -2.50. The molecule has 3 aromatic carbocycles. The number of aliphatic hydroxyl groups excluding tert-OH is 1. The molecule has 0 amide bonds. The summed E-state index contributed by atoms with van der Waals surface area (Å²) in [7, 11) is 3.78. The van der Waals surface area contributed by atoms with Crippen LogP contribution in [0.2, 0.25) is 0 Å². The van der Waals surface area contributed by atoms with Gasteiger partial charge in [-0.15, -0.1) is 0 Å². The highest BCUT2D eigenvalue weighted by Crippen LogP contribution is 2.62. The van der Waals surface area contributed by atoms with E-state index in [1.165, 1.54) is 17.5 Å². The van der Waals surface area contributed by atoms with Crippen LogP contribution in [0.3, 0.4) is 0 Å². The van der Waals surface area contributed by atoms with E-state index in [4.69, 9.17) is 4.74 Å². The minimum absolute atomic E-state index is 0.00178. The number of rotatable bonds is 3. The average molecular weight is 458 g/mol. The Bertz CT molecular complexity index is 1240. The van der Waals surface area contributed by atoms with Crippen LogP contribution in [-0.2, 0) is 6.42 Å². The summed E-state index contributed by atoms with van der Waals surface area (Å²) in [5, 5.41) is 24.7. The van der Waals surface area contributed by atoms with Gasteiger partial charge in [0, 0.05) is 7.05 Å². The molecule has 0 unspecified atom stereocenters. The van der Waals surface area contributed by atoms with E-state index in [1.807, 2.05) is 31.3 Å². The Labute approximate surface area is 202 Å². The summed E-state index contributed by atoms with van der Waals surface area (Å²) >= 11 is 0. The maximum Gasteiger partial charge on any atom is 0.139 e. The van der Waals surface area contributed by atoms with Crippen molar-refractivity contribution in [1.82, 2.24) is 0 Å². The molecule has 0 heterocycles. The van der Waals surface area contributed by atoms with Gasteiger partial charge in [0.25, 0.3) is 0 Å². The minimum Gasteiger partial charge on any atom is -0.506 e. The highest BCUT2D eigenvalue weighted by molar-refractivity contribution is 5.88. The van der Waals surface area contributed by atoms with E-state index in [9.17, 15) is 10.2 Å². The molecule has 4 heteroatoms. The van der Waals surface area contributed by atoms with Crippen molar-refractivity contribution in [3.63, 3.8) is 0 Å². The second-order valence-electron chi connectivity index (χ2n) is 11.1. The highest BCUT2D eigenvalue weighted by atomic mass is 16.5. The van der Waals surface area contributed by atoms with Crippen LogP contribution in [0.4, 0.5) is 5.69 Å². The molecule has 2 saturated carbocycles. The topological polar surface area (TPSA) is 52.9 Å². The Morgan fingerprint density at radius 3 is 2.56 bits per heavy atom. The van der Waals surface area contributed by atoms with Crippen LogP contribution in [0.25, 0.3) is 10.8 Å². The van der Waals surface area contributed by atoms with Crippen molar-refractivity contribution in [3.8, 4) is 11.5 Å². The Balaban J connectivity index is 1.31. The number of benzene rings is 3. The van der Waals surface area contributed by atoms with Crippen LogP contribution in [0.5, 0.6) is 11.5 Å². The molecule has 0 spiro atoms. The van der Waals surface area contributed by atoms with Gasteiger partial charge in [-0.3, -0.25) is 0 Å². The van der Waals surface area contributed by atoms with Crippen molar-refractivity contribution >= 4 is 16.5 Å². The van der Waals surface area contributed by atoms with E-state index >= 15 is 0 Å². The lowest BCUT2D eigenvalue weighted by atomic mass is 9.55. The van der Waals surface area contributed by atoms with Gasteiger partial charge in [-0.2, -0.15) is 0 Å². The first-order valence-electron chi connectivity index (χ1n) is 12.7. The van der Waals surface area contributed by atoms with Crippen molar-refractivity contribution in [2.24, 2.45) is 17.3 Å². The lowest BCUT2D eigenvalue weighted by molar-refractivity contribution is -0.0258. The molecule has 3 aliphatic carbocycles. The largest absolute Gasteiger partial charge is 0.506 e. The second-order valence-corrected chi connectivity index (χ2v) is 11.1. The molecule has 4 nitrogen and oxygen atoms in total. The van der Waals surface area contributed by atoms with Crippen LogP contribution >= 0.6 is 0 Å². The second kappa shape index (κ2) is 7.91. The molecule has 0 aliphatic heterocycles. The Morgan fingerprint density at radius 2 is 1.79 bits per heavy atom. The maximum absolute atomic E-state index is 11.7. The van der Waals surface area contributed by atoms with Gasteiger partial charge < -0.3 is 19.8 Å². The third-order valence-corrected chi connectivity index (χ3v) is 9.63. The normalized spacial score (nSPS) is 32.1. The molecular weight excluding hydrogens is 422 g/mol. The van der Waals surface area contributed by atoms with E-state index in [1.54, 1.807) is 7.11 Å². The zero-order chi connectivity index (χ0) is 23.6. The number of fused-ring (bicyclic) bond motifs is 6. The zero-order valence-electron chi connectivity index (χ0n) is 20.4. The van der Waals surface area contributed by atoms with Crippen LogP contribution in [0.15, 0.2) is 54.6 Å². The van der Waals surface area contributed by atoms with E-state index in [0.717, 1.165) is 47.9 Å². The molecule has 0 bridgehead atoms. The smallest absolute Gasteiger partial charge is 0.139 e. The third kappa shape index (κ3) is 3.15. The van der Waals surface area contributed by atoms with E-state index < -0.39 is 6.10 Å². The highest BCUT2D eigenvalue weighted by Gasteiger charge is 2.58. The molecule has 0 saturated heterocycles. The number of likely N-dealkylation sites (N-methyl/N-ethyl adjacent to an activating group) is 1. The van der Waals surface area contributed by atoms with Gasteiger partial charge in [0.1, 0.15) is 11.5 Å². The molecule has 3 aliphatic rings. The van der Waals surface area contributed by atoms with Crippen molar-refractivity contribution < 1.29 is 14.9 Å². The number of aryl methyl sites for hydroxylation is 1. The fraction of sp³-hybridized carbons (Fsp3) is 0.467. The van der Waals surface area contributed by atoms with Gasteiger partial charge in [0.2, 0.25) is 0 Å². The average Bonchev–Trinajstić information content (AvgIpc) is 3.13. The molecule has 0 aromatic heterocycles. The first kappa shape index (κ1) is 21.8. The molecule has 178 valence electrons. The number of hydrogen-bond donors (Lipinski definition) is 2. The molecule has 0 radical (unpaired) electrons. The molecule has 2 N–H and O–H groups in total. The SMILES string of the molecule is COc1ccc2c(c1)CC[C@@H]1[C@@H]2CC[C@]2(C)[C@H](O)[C@H](N(C)c3cc4ccccc4cc3O)C[C@@H]12. The fourth-order valence-corrected chi connectivity index (χ4v) is 7.72. The van der Waals surface area contributed by atoms with Crippen LogP contribution in [0, 0.1) is 17.3 Å². The molecule has 3 aromatic rings. The van der Waals surface area contributed by atoms with Crippen LogP contribution in [-0.4, -0.2) is 36.5 Å². The fourth-order valence-electron chi connectivity index (χ4n) is 7.72. The molecule has 2 fully saturated rings. The van der Waals surface area contributed by atoms with Gasteiger partial charge in [0.05, 0.1) is 24.9 Å². The molecule has 6 atom stereocenters. The maximum atomic E-state index is 11.7. The number of ether oxygens (including phenoxy) is 1. The summed E-state index contributed by atoms with van der Waals surface area (Å²) in [6, 6.07) is 18.7. The van der Waals surface area contributed by atoms with Gasteiger partial charge >= 0.3 is 0 Å². The van der Waals surface area contributed by atoms with Crippen LogP contribution < -0.4 is 9.64 Å². The first-order chi connectivity index (χ1) is 16.4. The summed E-state index contributed by atoms with van der Waals surface area (Å²) in [6.07, 6.45) is 4.99. The number of hydrogen-bond acceptors (Lipinski definition) is 4. The van der Waals surface area contributed by atoms with Gasteiger partial charge in [-0.1, -0.05) is 37.3 Å². The third-order valence-electron chi connectivity index (χ3n) is 9.63. The number of phenols is 1. The van der Waals surface area contributed by atoms with Gasteiger partial charge in [-0.05, 0) is 101 Å². The number of anilines is 1. The Kier molecular flexibility index (Phi) is 5.07. The number of aliphatic hydroxyl groups is 1. The minimum atomic E-state index is -0.411. The monoisotopic (exact) mass is 457 g/mol. The summed E-state index contributed by atoms with van der Waals surface area (Å²) in [5.74, 6) is 2.88. The number of nitrogens with zero attached hydrogens (tertiary/aromatic N) is 1. The Morgan fingerprint density at radius 1 is 1.03 bits per heavy atom. The molecular formula is C30H35NO3. The van der Waals surface area contributed by atoms with Crippen molar-refractivity contribution in [2.45, 2.75) is 57.1 Å². The molecule has 34 heavy (non-hydrogen) atoms. The number of aromatic hydroxyl groups is 1. The quantitative estimate of drug-likeness (QED) is 0.515. The summed E-state index contributed by atoms with van der Waals surface area (Å²) in [5.41, 5.74) is 3.66. The predicted molar refractivity (Wildman–Crippen MR) is 137 cm³/mol. The van der Waals surface area contributed by atoms with Gasteiger partial charge in [-0.25, -0.2) is 0 Å². The summed E-state index contributed by atoms with van der Waals surface area (Å²) in [6.45, 7) is 2.32. The zero-order valence-corrected chi connectivity index (χ0v) is 20.4.